The largest absolute Gasteiger partial charge is 0.369 e. The van der Waals surface area contributed by atoms with Crippen LogP contribution in [-0.2, 0) is 4.79 Å². The molecule has 5 aliphatic rings. The van der Waals surface area contributed by atoms with Crippen LogP contribution in [0.25, 0.3) is 0 Å². The molecule has 2 unspecified atom stereocenters. The van der Waals surface area contributed by atoms with Crippen molar-refractivity contribution in [3.63, 3.8) is 0 Å². The molecular formula is C26H36N4O3. The number of nitrogens with zero attached hydrogens (tertiary/aromatic N) is 1. The average Bonchev–Trinajstić information content (AvgIpc) is 2.70. The van der Waals surface area contributed by atoms with Crippen molar-refractivity contribution < 1.29 is 14.4 Å². The molecule has 0 aromatic heterocycles. The Morgan fingerprint density at radius 1 is 0.939 bits per heavy atom. The number of hydrogen-bond donors (Lipinski definition) is 3. The Morgan fingerprint density at radius 2 is 1.55 bits per heavy atom. The van der Waals surface area contributed by atoms with Crippen LogP contribution in [0.4, 0.5) is 10.5 Å². The summed E-state index contributed by atoms with van der Waals surface area (Å²) < 4.78 is 0. The molecule has 4 atom stereocenters. The minimum atomic E-state index is -0.285. The summed E-state index contributed by atoms with van der Waals surface area (Å²) in [6.45, 7) is 5.87. The summed E-state index contributed by atoms with van der Waals surface area (Å²) in [6, 6.07) is 6.92. The Hall–Kier alpha value is -2.57. The number of urea groups is 1. The van der Waals surface area contributed by atoms with E-state index in [1.165, 1.54) is 19.3 Å². The highest BCUT2D eigenvalue weighted by molar-refractivity contribution is 5.96. The summed E-state index contributed by atoms with van der Waals surface area (Å²) in [6.07, 6.45) is 8.32. The highest BCUT2D eigenvalue weighted by Crippen LogP contribution is 2.66. The van der Waals surface area contributed by atoms with Gasteiger partial charge in [0.05, 0.1) is 0 Å². The summed E-state index contributed by atoms with van der Waals surface area (Å²) in [4.78, 5) is 38.8. The van der Waals surface area contributed by atoms with Gasteiger partial charge in [-0.1, -0.05) is 13.8 Å². The lowest BCUT2D eigenvalue weighted by molar-refractivity contribution is -0.123. The van der Waals surface area contributed by atoms with Crippen LogP contribution in [0.3, 0.4) is 0 Å². The van der Waals surface area contributed by atoms with Gasteiger partial charge in [0.2, 0.25) is 5.91 Å². The predicted molar refractivity (Wildman–Crippen MR) is 127 cm³/mol. The first-order valence-corrected chi connectivity index (χ1v) is 12.3. The molecule has 1 aromatic rings. The molecule has 1 aliphatic heterocycles. The molecule has 4 amide bonds. The van der Waals surface area contributed by atoms with Crippen LogP contribution in [-0.4, -0.2) is 41.4 Å². The first kappa shape index (κ1) is 22.2. The highest BCUT2D eigenvalue weighted by atomic mass is 16.2. The summed E-state index contributed by atoms with van der Waals surface area (Å²) in [5.74, 6) is 0.240. The molecule has 4 saturated carbocycles. The average molecular weight is 453 g/mol. The zero-order valence-corrected chi connectivity index (χ0v) is 19.8. The van der Waals surface area contributed by atoms with Crippen LogP contribution >= 0.6 is 0 Å². The third-order valence-electron chi connectivity index (χ3n) is 8.58. The second kappa shape index (κ2) is 7.74. The highest BCUT2D eigenvalue weighted by Gasteiger charge is 2.60. The molecule has 4 N–H and O–H groups in total. The van der Waals surface area contributed by atoms with Gasteiger partial charge in [-0.2, -0.15) is 0 Å². The van der Waals surface area contributed by atoms with Gasteiger partial charge in [0.25, 0.3) is 5.91 Å². The van der Waals surface area contributed by atoms with E-state index in [9.17, 15) is 14.4 Å². The smallest absolute Gasteiger partial charge is 0.319 e. The Balaban J connectivity index is 1.18. The monoisotopic (exact) mass is 452 g/mol. The Bertz CT molecular complexity index is 948. The molecule has 1 saturated heterocycles. The van der Waals surface area contributed by atoms with E-state index in [1.54, 1.807) is 29.2 Å². The van der Waals surface area contributed by atoms with Gasteiger partial charge in [0.1, 0.15) is 0 Å². The van der Waals surface area contributed by atoms with Gasteiger partial charge < -0.3 is 21.3 Å². The van der Waals surface area contributed by atoms with E-state index in [0.717, 1.165) is 25.2 Å². The molecule has 1 aromatic carbocycles. The number of carbonyl (C=O) groups excluding carboxylic acids is 3. The minimum absolute atomic E-state index is 0.0519. The van der Waals surface area contributed by atoms with Crippen molar-refractivity contribution in [2.75, 3.05) is 18.4 Å². The standard InChI is InChI=1S/C26H36N4O3/c1-24-11-17-12-25(2,14-24)16-26(13-17,15-24)29-23(33)28-20-5-3-19(4-6-20)22(32)30-9-7-18(8-10-30)21(27)31/h3-6,17-18H,7-16H2,1-2H3,(H2,27,31)(H2,28,29,33)/t17?,24-,25+,26?. The summed E-state index contributed by atoms with van der Waals surface area (Å²) >= 11 is 0. The summed E-state index contributed by atoms with van der Waals surface area (Å²) in [7, 11) is 0. The second-order valence-electron chi connectivity index (χ2n) is 12.0. The Labute approximate surface area is 195 Å². The van der Waals surface area contributed by atoms with Crippen molar-refractivity contribution in [1.29, 1.82) is 0 Å². The van der Waals surface area contributed by atoms with Crippen molar-refractivity contribution in [3.05, 3.63) is 29.8 Å². The van der Waals surface area contributed by atoms with Crippen LogP contribution in [0.5, 0.6) is 0 Å². The van der Waals surface area contributed by atoms with Crippen LogP contribution in [0.1, 0.15) is 75.6 Å². The fourth-order valence-corrected chi connectivity index (χ4v) is 8.24. The van der Waals surface area contributed by atoms with E-state index < -0.39 is 0 Å². The molecule has 4 aliphatic carbocycles. The van der Waals surface area contributed by atoms with Crippen molar-refractivity contribution in [2.24, 2.45) is 28.4 Å². The second-order valence-corrected chi connectivity index (χ2v) is 12.0. The molecule has 33 heavy (non-hydrogen) atoms. The van der Waals surface area contributed by atoms with Crippen LogP contribution < -0.4 is 16.4 Å². The van der Waals surface area contributed by atoms with Crippen molar-refractivity contribution in [2.45, 2.75) is 70.8 Å². The molecule has 5 fully saturated rings. The number of carbonyl (C=O) groups is 3. The van der Waals surface area contributed by atoms with E-state index in [-0.39, 0.29) is 29.3 Å². The third-order valence-corrected chi connectivity index (χ3v) is 8.58. The number of primary amides is 1. The number of amides is 4. The van der Waals surface area contributed by atoms with Crippen LogP contribution in [0.15, 0.2) is 24.3 Å². The van der Waals surface area contributed by atoms with Gasteiger partial charge in [-0.15, -0.1) is 0 Å². The van der Waals surface area contributed by atoms with Crippen molar-refractivity contribution >= 4 is 23.5 Å². The zero-order chi connectivity index (χ0) is 23.4. The maximum atomic E-state index is 12.9. The predicted octanol–water partition coefficient (Wildman–Crippen LogP) is 3.89. The van der Waals surface area contributed by atoms with Gasteiger partial charge in [0, 0.05) is 35.8 Å². The molecule has 0 spiro atoms. The molecule has 6 rings (SSSR count). The fraction of sp³-hybridized carbons (Fsp3) is 0.654. The van der Waals surface area contributed by atoms with E-state index in [0.29, 0.717) is 48.0 Å². The first-order valence-electron chi connectivity index (χ1n) is 12.3. The van der Waals surface area contributed by atoms with E-state index in [4.69, 9.17) is 5.73 Å². The van der Waals surface area contributed by atoms with E-state index in [2.05, 4.69) is 24.5 Å². The first-order chi connectivity index (χ1) is 15.6. The van der Waals surface area contributed by atoms with Gasteiger partial charge in [-0.3, -0.25) is 9.59 Å². The van der Waals surface area contributed by atoms with E-state index in [1.807, 2.05) is 0 Å². The number of benzene rings is 1. The van der Waals surface area contributed by atoms with Gasteiger partial charge in [0.15, 0.2) is 0 Å². The molecule has 4 bridgehead atoms. The zero-order valence-electron chi connectivity index (χ0n) is 19.8. The van der Waals surface area contributed by atoms with Gasteiger partial charge in [-0.25, -0.2) is 4.79 Å². The number of piperidine rings is 1. The van der Waals surface area contributed by atoms with Gasteiger partial charge in [-0.05, 0) is 92.4 Å². The van der Waals surface area contributed by atoms with Crippen molar-refractivity contribution in [3.8, 4) is 0 Å². The van der Waals surface area contributed by atoms with E-state index >= 15 is 0 Å². The quantitative estimate of drug-likeness (QED) is 0.645. The summed E-state index contributed by atoms with van der Waals surface area (Å²) in [5.41, 5.74) is 7.23. The number of nitrogens with one attached hydrogen (secondary N) is 2. The molecule has 7 nitrogen and oxygen atoms in total. The third kappa shape index (κ3) is 4.34. The van der Waals surface area contributed by atoms with Crippen LogP contribution in [0, 0.1) is 22.7 Å². The van der Waals surface area contributed by atoms with Crippen LogP contribution in [0.2, 0.25) is 0 Å². The number of rotatable bonds is 4. The minimum Gasteiger partial charge on any atom is -0.369 e. The SMILES string of the molecule is C[C@]12CC3CC(NC(=O)Nc4ccc(C(=O)N5CCC(C(N)=O)CC5)cc4)(C1)C[C@@](C)(C3)C2. The number of anilines is 1. The maximum Gasteiger partial charge on any atom is 0.319 e. The van der Waals surface area contributed by atoms with Crippen molar-refractivity contribution in [1.82, 2.24) is 10.2 Å². The maximum absolute atomic E-state index is 12.9. The lowest BCUT2D eigenvalue weighted by Crippen LogP contribution is -2.65. The lowest BCUT2D eigenvalue weighted by Gasteiger charge is -2.65. The molecule has 7 heteroatoms. The normalized spacial score (nSPS) is 35.3. The topological polar surface area (TPSA) is 105 Å². The molecule has 1 heterocycles. The molecule has 0 radical (unpaired) electrons. The molecular weight excluding hydrogens is 416 g/mol. The van der Waals surface area contributed by atoms with Gasteiger partial charge >= 0.3 is 6.03 Å². The number of hydrogen-bond acceptors (Lipinski definition) is 3. The Kier molecular flexibility index (Phi) is 5.22. The fourth-order valence-electron chi connectivity index (χ4n) is 8.24. The summed E-state index contributed by atoms with van der Waals surface area (Å²) in [5, 5.41) is 6.34. The Morgan fingerprint density at radius 3 is 2.09 bits per heavy atom. The molecule has 178 valence electrons. The number of nitrogens with two attached hydrogens (primary N) is 1. The number of likely N-dealkylation sites (tertiary alicyclic amines) is 1. The lowest BCUT2D eigenvalue weighted by atomic mass is 9.43.